The van der Waals surface area contributed by atoms with Gasteiger partial charge in [-0.2, -0.15) is 13.2 Å². The fourth-order valence-electron chi connectivity index (χ4n) is 4.42. The Morgan fingerprint density at radius 3 is 2.26 bits per heavy atom. The molecule has 3 aromatic rings. The third-order valence-electron chi connectivity index (χ3n) is 6.28. The molecule has 1 heterocycles. The van der Waals surface area contributed by atoms with Crippen molar-refractivity contribution >= 4 is 40.6 Å². The number of anilines is 2. The minimum Gasteiger partial charge on any atom is -0.467 e. The van der Waals surface area contributed by atoms with Crippen molar-refractivity contribution < 1.29 is 27.5 Å². The Morgan fingerprint density at radius 2 is 1.63 bits per heavy atom. The highest BCUT2D eigenvalue weighted by molar-refractivity contribution is 7.80. The highest BCUT2D eigenvalue weighted by Gasteiger charge is 2.38. The minimum absolute atomic E-state index is 0.102. The zero-order valence-corrected chi connectivity index (χ0v) is 21.7. The van der Waals surface area contributed by atoms with Gasteiger partial charge in [-0.15, -0.1) is 0 Å². The van der Waals surface area contributed by atoms with Crippen LogP contribution in [-0.2, 0) is 22.3 Å². The lowest BCUT2D eigenvalue weighted by Crippen LogP contribution is -2.45. The van der Waals surface area contributed by atoms with Crippen LogP contribution in [0.1, 0.15) is 35.3 Å². The average molecular weight is 542 g/mol. The molecule has 10 heteroatoms. The van der Waals surface area contributed by atoms with Crippen molar-refractivity contribution in [1.29, 1.82) is 0 Å². The molecule has 6 nitrogen and oxygen atoms in total. The summed E-state index contributed by atoms with van der Waals surface area (Å²) in [6, 6.07) is 17.0. The first kappa shape index (κ1) is 27.1. The van der Waals surface area contributed by atoms with Gasteiger partial charge in [0.15, 0.2) is 5.11 Å². The summed E-state index contributed by atoms with van der Waals surface area (Å²) in [7, 11) is 1.32. The number of methoxy groups -OCH3 is 1. The fraction of sp³-hybridized carbons (Fsp3) is 0.250. The number of thiocarbonyl (C=S) groups is 1. The molecule has 0 spiro atoms. The quantitative estimate of drug-likeness (QED) is 0.281. The molecule has 0 aromatic heterocycles. The Balaban J connectivity index is 1.45. The number of fused-ring (bicyclic) bond motifs is 1. The molecule has 0 radical (unpaired) electrons. The van der Waals surface area contributed by atoms with Crippen LogP contribution in [0.15, 0.2) is 66.7 Å². The number of halogens is 3. The molecule has 1 aliphatic rings. The summed E-state index contributed by atoms with van der Waals surface area (Å²) in [4.78, 5) is 27.0. The molecule has 1 atom stereocenters. The van der Waals surface area contributed by atoms with E-state index in [2.05, 4.69) is 10.6 Å². The number of hydrogen-bond acceptors (Lipinski definition) is 4. The second-order valence-electron chi connectivity index (χ2n) is 9.25. The smallest absolute Gasteiger partial charge is 0.416 e. The van der Waals surface area contributed by atoms with Crippen LogP contribution >= 0.6 is 12.2 Å². The van der Waals surface area contributed by atoms with E-state index < -0.39 is 23.8 Å². The lowest BCUT2D eigenvalue weighted by molar-refractivity contribution is -0.147. The second kappa shape index (κ2) is 10.8. The molecule has 3 aromatic carbocycles. The Bertz CT molecular complexity index is 1370. The number of amides is 1. The summed E-state index contributed by atoms with van der Waals surface area (Å²) in [6.45, 7) is 4.09. The van der Waals surface area contributed by atoms with Crippen molar-refractivity contribution in [2.45, 2.75) is 32.6 Å². The molecule has 4 rings (SSSR count). The Kier molecular flexibility index (Phi) is 7.73. The van der Waals surface area contributed by atoms with Crippen LogP contribution in [-0.4, -0.2) is 35.0 Å². The molecule has 1 amide bonds. The van der Waals surface area contributed by atoms with Crippen LogP contribution in [0.3, 0.4) is 0 Å². The van der Waals surface area contributed by atoms with Crippen molar-refractivity contribution in [3.8, 4) is 11.1 Å². The van der Waals surface area contributed by atoms with Crippen LogP contribution in [0.5, 0.6) is 0 Å². The van der Waals surface area contributed by atoms with Crippen LogP contribution in [0, 0.1) is 5.92 Å². The van der Waals surface area contributed by atoms with E-state index in [1.54, 1.807) is 17.0 Å². The van der Waals surface area contributed by atoms with Crippen molar-refractivity contribution in [1.82, 2.24) is 4.90 Å². The molecule has 1 aliphatic heterocycles. The molecule has 0 unspecified atom stereocenters. The molecule has 38 heavy (non-hydrogen) atoms. The molecule has 0 aliphatic carbocycles. The van der Waals surface area contributed by atoms with Gasteiger partial charge in [0.05, 0.1) is 12.7 Å². The van der Waals surface area contributed by atoms with E-state index in [1.807, 2.05) is 44.2 Å². The van der Waals surface area contributed by atoms with Gasteiger partial charge in [-0.1, -0.05) is 44.2 Å². The number of esters is 1. The maximum Gasteiger partial charge on any atom is 0.416 e. The molecular formula is C28H26F3N3O3S. The normalized spacial score (nSPS) is 13.8. The van der Waals surface area contributed by atoms with Gasteiger partial charge >= 0.3 is 12.1 Å². The van der Waals surface area contributed by atoms with Gasteiger partial charge in [0, 0.05) is 23.5 Å². The third-order valence-corrected chi connectivity index (χ3v) is 6.48. The van der Waals surface area contributed by atoms with Gasteiger partial charge < -0.3 is 20.3 Å². The minimum atomic E-state index is -4.44. The Labute approximate surface area is 223 Å². The van der Waals surface area contributed by atoms with Crippen LogP contribution in [0.4, 0.5) is 24.5 Å². The zero-order valence-electron chi connectivity index (χ0n) is 20.9. The molecule has 0 saturated heterocycles. The maximum absolute atomic E-state index is 13.2. The number of carbonyl (C=O) groups is 2. The topological polar surface area (TPSA) is 70.7 Å². The number of benzene rings is 3. The van der Waals surface area contributed by atoms with Crippen LogP contribution < -0.4 is 10.6 Å². The van der Waals surface area contributed by atoms with Crippen molar-refractivity contribution in [3.05, 3.63) is 83.4 Å². The molecule has 2 N–H and O–H groups in total. The summed E-state index contributed by atoms with van der Waals surface area (Å²) in [5, 5.41) is 5.86. The molecule has 198 valence electrons. The molecule has 0 bridgehead atoms. The van der Waals surface area contributed by atoms with Crippen molar-refractivity contribution in [2.24, 2.45) is 5.92 Å². The van der Waals surface area contributed by atoms with E-state index >= 15 is 0 Å². The number of alkyl halides is 3. The number of nitrogens with one attached hydrogen (secondary N) is 2. The molecular weight excluding hydrogens is 515 g/mol. The lowest BCUT2D eigenvalue weighted by Gasteiger charge is -2.28. The van der Waals surface area contributed by atoms with Gasteiger partial charge in [0.25, 0.3) is 5.91 Å². The predicted molar refractivity (Wildman–Crippen MR) is 144 cm³/mol. The van der Waals surface area contributed by atoms with E-state index in [4.69, 9.17) is 17.0 Å². The number of ether oxygens (including phenoxy) is 1. The number of hydrogen-bond donors (Lipinski definition) is 2. The fourth-order valence-corrected chi connectivity index (χ4v) is 4.66. The van der Waals surface area contributed by atoms with Gasteiger partial charge in [0.1, 0.15) is 6.04 Å². The number of rotatable bonds is 6. The highest BCUT2D eigenvalue weighted by atomic mass is 32.1. The number of nitrogens with zero attached hydrogens (tertiary/aromatic N) is 1. The van der Waals surface area contributed by atoms with E-state index in [-0.39, 0.29) is 22.6 Å². The van der Waals surface area contributed by atoms with Gasteiger partial charge in [0.2, 0.25) is 0 Å². The van der Waals surface area contributed by atoms with Gasteiger partial charge in [-0.3, -0.25) is 4.79 Å². The molecule has 0 saturated carbocycles. The van der Waals surface area contributed by atoms with Gasteiger partial charge in [-0.05, 0) is 71.2 Å². The van der Waals surface area contributed by atoms with E-state index in [1.165, 1.54) is 19.2 Å². The first-order valence-corrected chi connectivity index (χ1v) is 12.3. The summed E-state index contributed by atoms with van der Waals surface area (Å²) in [5.41, 5.74) is 3.17. The maximum atomic E-state index is 13.2. The van der Waals surface area contributed by atoms with Crippen LogP contribution in [0.2, 0.25) is 0 Å². The zero-order chi connectivity index (χ0) is 27.6. The lowest BCUT2D eigenvalue weighted by atomic mass is 10.00. The summed E-state index contributed by atoms with van der Waals surface area (Å²) in [6.07, 6.45) is -4.44. The largest absolute Gasteiger partial charge is 0.467 e. The summed E-state index contributed by atoms with van der Waals surface area (Å²) in [5.74, 6) is -0.755. The Morgan fingerprint density at radius 1 is 0.974 bits per heavy atom. The average Bonchev–Trinajstić information content (AvgIpc) is 3.19. The predicted octanol–water partition coefficient (Wildman–Crippen LogP) is 6.33. The first-order chi connectivity index (χ1) is 18.0. The monoisotopic (exact) mass is 541 g/mol. The van der Waals surface area contributed by atoms with Crippen molar-refractivity contribution in [2.75, 3.05) is 17.7 Å². The van der Waals surface area contributed by atoms with Crippen molar-refractivity contribution in [3.63, 3.8) is 0 Å². The van der Waals surface area contributed by atoms with Crippen LogP contribution in [0.25, 0.3) is 11.1 Å². The highest BCUT2D eigenvalue weighted by Crippen LogP contribution is 2.32. The number of carbonyl (C=O) groups excluding carboxylic acids is 2. The standard InChI is InChI=1S/C28H26F3N3O3S/c1-16(2)24(26(36)37-3)34-15-19-8-7-18(13-23(19)25(34)35)17-9-11-21(12-10-17)32-27(38)33-22-6-4-5-20(14-22)28(29,30)31/h4-14,16,24H,15H2,1-3H3,(H2,32,33,38)/t24-/m0/s1. The Hall–Kier alpha value is -3.92. The molecule has 0 fully saturated rings. The van der Waals surface area contributed by atoms with Gasteiger partial charge in [-0.25, -0.2) is 4.79 Å². The first-order valence-electron chi connectivity index (χ1n) is 11.9. The summed E-state index contributed by atoms with van der Waals surface area (Å²) < 4.78 is 43.7. The SMILES string of the molecule is COC(=O)[C@H](C(C)C)N1Cc2ccc(-c3ccc(NC(=S)Nc4cccc(C(F)(F)F)c4)cc3)cc2C1=O. The van der Waals surface area contributed by atoms with E-state index in [0.29, 0.717) is 17.8 Å². The second-order valence-corrected chi connectivity index (χ2v) is 9.66. The third kappa shape index (κ3) is 5.80. The van der Waals surface area contributed by atoms with E-state index in [9.17, 15) is 22.8 Å². The summed E-state index contributed by atoms with van der Waals surface area (Å²) >= 11 is 5.25. The van der Waals surface area contributed by atoms with E-state index in [0.717, 1.165) is 28.8 Å².